The number of halogens is 2. The number of para-hydroxylation sites is 1. The lowest BCUT2D eigenvalue weighted by atomic mass is 9.82. The first-order chi connectivity index (χ1) is 61.0. The molecule has 2 N–H and O–H groups in total. The van der Waals surface area contributed by atoms with Crippen LogP contribution < -0.4 is 35.6 Å². The summed E-state index contributed by atoms with van der Waals surface area (Å²) >= 11 is -0.0624. The molecule has 1 unspecified atom stereocenters. The molecule has 1 aliphatic carbocycles. The van der Waals surface area contributed by atoms with E-state index >= 15 is 0 Å². The van der Waals surface area contributed by atoms with Gasteiger partial charge < -0.3 is 43.9 Å². The molecule has 11 aromatic carbocycles. The minimum atomic E-state index is -0.285. The van der Waals surface area contributed by atoms with Crippen LogP contribution in [0.5, 0.6) is 11.5 Å². The Morgan fingerprint density at radius 1 is 0.520 bits per heavy atom. The number of hydrogen-bond donors (Lipinski definition) is 2. The molecular weight excluding hydrogens is 1710 g/mol. The normalized spacial score (nSPS) is 15.0. The lowest BCUT2D eigenvalue weighted by Gasteiger charge is -2.28. The molecule has 1 aromatic heterocycles. The van der Waals surface area contributed by atoms with Gasteiger partial charge >= 0.3 is 21.2 Å². The fourth-order valence-corrected chi connectivity index (χ4v) is 24.3. The van der Waals surface area contributed by atoms with Gasteiger partial charge in [-0.05, 0) is 258 Å². The number of piperazine rings is 1. The minimum Gasteiger partial charge on any atom is -0.497 e. The van der Waals surface area contributed by atoms with Gasteiger partial charge in [0.25, 0.3) is 0 Å². The van der Waals surface area contributed by atoms with Crippen molar-refractivity contribution >= 4 is 55.0 Å². The molecule has 17 rings (SSSR count). The maximum absolute atomic E-state index is 13.5. The summed E-state index contributed by atoms with van der Waals surface area (Å²) in [7, 11) is 12.1. The van der Waals surface area contributed by atoms with Crippen molar-refractivity contribution in [3.8, 4) is 11.5 Å². The number of aliphatic imine (C=N–C) groups is 1. The van der Waals surface area contributed by atoms with Gasteiger partial charge in [0, 0.05) is 100 Å². The number of rotatable bonds is 22. The maximum atomic E-state index is 13.5. The summed E-state index contributed by atoms with van der Waals surface area (Å²) in [4.78, 5) is 23.0. The van der Waals surface area contributed by atoms with Crippen LogP contribution in [0.15, 0.2) is 349 Å². The van der Waals surface area contributed by atoms with E-state index in [-0.39, 0.29) is 67.4 Å². The standard InChI is InChI=1S/C24H25S.C21H28I.C18H15S.C13H16NS.C12H17NO.C11H10FNO.C6H14N2.C5H13NO2/c1-4-10-20(11-5-1)21-16-18-24(19-17-21)25(22-12-6-2-7-13-22)23-14-8-3-9-15-23;1-6-16(3)17-8-12-19(13-9-17)22-20-14-10-18(11-15-20)21(4,5)7-2;1-4-10-16(11-5-1)19(17-12-6-2-7-13-17)18-14-8-3-9-15-18;1-14-10-13(15-8-4-5-9-15)11-6-2-3-7-12(11)14;1-14-12-7-5-11(6-8-12)13-9-3-2-4-10-13;1-14-8-4-5-9(10(12)7-8)11-3-2-6-13-11;1-7-3-5-8(2)6-4-7;1-6(2-4-7)3-5-8/h2-3,6-9,12-20H,1,4-5,10-11H2;8-16H,6-7H2,1-5H3;1-15H;2-3,6-7,10H,4-5,8-9H2,1H3;5-8H,2-4,9-10H2,1H3;2,4-7H,3H2,1H3;3-6H2,1-2H3;7-8H,2-5H2,1H3/q4*+1;;;;. The van der Waals surface area contributed by atoms with E-state index < -0.39 is 0 Å². The number of anilines is 1. The number of aromatic nitrogens is 1. The highest BCUT2D eigenvalue weighted by Gasteiger charge is 2.32. The SMILES string of the molecule is CCC(C)c1ccc([I+]c2ccc(C(C)(C)CC)cc2)cc1.CN(CCO)CCO.CN1CCN(C)CC1.COc1ccc(C2=NC=CC2)c(F)c1.COc1ccc(N2CCCCC2)cc1.Cn1cc([S+]2CCCC2)c2ccccc21.c1ccc([S+](c2ccccc2)c2ccc(C3CCCCC3)cc2)cc1.c1ccc([S+](c2ccccc2)c2ccccc2)cc1. The van der Waals surface area contributed by atoms with Gasteiger partial charge in [-0.2, -0.15) is 0 Å². The number of ether oxygens (including phenoxy) is 2. The summed E-state index contributed by atoms with van der Waals surface area (Å²) in [6.45, 7) is 20.4. The molecule has 0 spiro atoms. The molecular formula is C110H138FIN6O4S3+4. The summed E-state index contributed by atoms with van der Waals surface area (Å²) in [6.07, 6.45) is 22.8. The van der Waals surface area contributed by atoms with Crippen molar-refractivity contribution in [3.05, 3.63) is 345 Å². The third kappa shape index (κ3) is 31.6. The monoisotopic (exact) mass is 1850 g/mol. The van der Waals surface area contributed by atoms with Gasteiger partial charge in [-0.1, -0.05) is 199 Å². The molecule has 4 fully saturated rings. The topological polar surface area (TPSA) is 89.2 Å². The van der Waals surface area contributed by atoms with Crippen LogP contribution in [-0.4, -0.2) is 148 Å². The van der Waals surface area contributed by atoms with Gasteiger partial charge in [-0.25, -0.2) is 4.39 Å². The van der Waals surface area contributed by atoms with E-state index in [1.807, 2.05) is 30.2 Å². The fraction of sp³-hybridized carbons (Fsp3) is 0.355. The zero-order chi connectivity index (χ0) is 88.4. The lowest BCUT2D eigenvalue weighted by molar-refractivity contribution is -0.597. The minimum absolute atomic E-state index is 0.0146. The van der Waals surface area contributed by atoms with E-state index in [0.29, 0.717) is 47.6 Å². The summed E-state index contributed by atoms with van der Waals surface area (Å²) in [5.74, 6) is 5.44. The first kappa shape index (κ1) is 98.5. The Labute approximate surface area is 768 Å². The second kappa shape index (κ2) is 53.8. The number of aliphatic hydroxyl groups excluding tert-OH is 2. The Bertz CT molecular complexity index is 4880. The second-order valence-corrected chi connectivity index (χ2v) is 42.4. The Kier molecular flexibility index (Phi) is 42.4. The van der Waals surface area contributed by atoms with Gasteiger partial charge in [0.1, 0.15) is 28.8 Å². The molecule has 0 radical (unpaired) electrons. The highest BCUT2D eigenvalue weighted by molar-refractivity contribution is 7.97. The van der Waals surface area contributed by atoms with Crippen LogP contribution in [0.3, 0.4) is 0 Å². The molecule has 10 nitrogen and oxygen atoms in total. The zero-order valence-electron chi connectivity index (χ0n) is 76.2. The van der Waals surface area contributed by atoms with E-state index in [9.17, 15) is 4.39 Å². The van der Waals surface area contributed by atoms with Crippen LogP contribution in [0, 0.1) is 13.0 Å². The quantitative estimate of drug-likeness (QED) is 0.0513. The molecule has 4 aliphatic heterocycles. The summed E-state index contributed by atoms with van der Waals surface area (Å²) in [5, 5.41) is 18.2. The molecule has 125 heavy (non-hydrogen) atoms. The van der Waals surface area contributed by atoms with E-state index in [0.717, 1.165) is 17.4 Å². The van der Waals surface area contributed by atoms with E-state index in [4.69, 9.17) is 19.7 Å². The van der Waals surface area contributed by atoms with Crippen molar-refractivity contribution in [2.45, 2.75) is 170 Å². The van der Waals surface area contributed by atoms with Crippen molar-refractivity contribution in [1.29, 1.82) is 0 Å². The Balaban J connectivity index is 0.000000153. The molecule has 3 saturated heterocycles. The average Bonchev–Trinajstić information content (AvgIpc) is 1.60. The van der Waals surface area contributed by atoms with Crippen molar-refractivity contribution in [3.63, 3.8) is 0 Å². The third-order valence-corrected chi connectivity index (χ3v) is 33.3. The summed E-state index contributed by atoms with van der Waals surface area (Å²) in [6, 6.07) is 104. The number of hydrogen-bond acceptors (Lipinski definition) is 9. The molecule has 5 heterocycles. The molecule has 1 atom stereocenters. The summed E-state index contributed by atoms with van der Waals surface area (Å²) in [5.41, 5.74) is 8.77. The van der Waals surface area contributed by atoms with Crippen LogP contribution in [0.1, 0.15) is 152 Å². The van der Waals surface area contributed by atoms with Crippen LogP contribution >= 0.6 is 0 Å². The van der Waals surface area contributed by atoms with Crippen LogP contribution in [0.25, 0.3) is 10.9 Å². The number of likely N-dealkylation sites (N-methyl/N-ethyl adjacent to an activating group) is 3. The molecule has 660 valence electrons. The first-order valence-corrected chi connectivity index (χ1v) is 51.3. The largest absolute Gasteiger partial charge is 0.497 e. The molecule has 0 bridgehead atoms. The van der Waals surface area contributed by atoms with Gasteiger partial charge in [-0.15, -0.1) is 0 Å². The Morgan fingerprint density at radius 2 is 0.968 bits per heavy atom. The number of aliphatic hydroxyl groups is 2. The van der Waals surface area contributed by atoms with Crippen LogP contribution in [0.4, 0.5) is 10.1 Å². The molecule has 0 amide bonds. The first-order valence-electron chi connectivity index (χ1n) is 45.1. The average molecular weight is 1850 g/mol. The lowest BCUT2D eigenvalue weighted by Crippen LogP contribution is -3.61. The van der Waals surface area contributed by atoms with Crippen molar-refractivity contribution < 1.29 is 45.3 Å². The zero-order valence-corrected chi connectivity index (χ0v) is 80.8. The van der Waals surface area contributed by atoms with Gasteiger partial charge in [-0.3, -0.25) is 4.99 Å². The maximum Gasteiger partial charge on any atom is 0.357 e. The molecule has 5 aliphatic rings. The molecule has 12 aromatic rings. The van der Waals surface area contributed by atoms with Crippen molar-refractivity contribution in [2.75, 3.05) is 117 Å². The number of fused-ring (bicyclic) bond motifs is 1. The van der Waals surface area contributed by atoms with Crippen molar-refractivity contribution in [2.24, 2.45) is 12.0 Å². The van der Waals surface area contributed by atoms with E-state index in [2.05, 4.69) is 347 Å². The third-order valence-electron chi connectivity index (χ3n) is 23.7. The number of benzene rings is 11. The van der Waals surface area contributed by atoms with E-state index in [1.165, 1.54) is 211 Å². The molecule has 15 heteroatoms. The predicted molar refractivity (Wildman–Crippen MR) is 528 cm³/mol. The predicted octanol–water partition coefficient (Wildman–Crippen LogP) is 21.6. The van der Waals surface area contributed by atoms with Gasteiger partial charge in [0.15, 0.2) is 41.4 Å². The highest BCUT2D eigenvalue weighted by atomic mass is 127. The molecule has 1 saturated carbocycles. The fourth-order valence-electron chi connectivity index (χ4n) is 15.4. The number of nitrogens with zero attached hydrogens (tertiary/aromatic N) is 6. The number of piperidine rings is 1. The smallest absolute Gasteiger partial charge is 0.357 e. The van der Waals surface area contributed by atoms with Gasteiger partial charge in [0.2, 0.25) is 0 Å². The van der Waals surface area contributed by atoms with Crippen LogP contribution in [-0.2, 0) is 45.1 Å². The van der Waals surface area contributed by atoms with Gasteiger partial charge in [0.05, 0.1) is 72.0 Å². The second-order valence-electron chi connectivity index (χ2n) is 33.1. The number of aryl methyl sites for hydroxylation is 1. The van der Waals surface area contributed by atoms with Crippen LogP contribution in [0.2, 0.25) is 0 Å². The Morgan fingerprint density at radius 3 is 1.41 bits per heavy atom. The summed E-state index contributed by atoms with van der Waals surface area (Å²) < 4.78 is 28.8. The van der Waals surface area contributed by atoms with Crippen molar-refractivity contribution in [1.82, 2.24) is 19.3 Å². The highest BCUT2D eigenvalue weighted by Crippen LogP contribution is 2.38. The number of allylic oxidation sites excluding steroid dienone is 1. The Hall–Kier alpha value is -8.72. The van der Waals surface area contributed by atoms with E-state index in [1.54, 1.807) is 30.3 Å². The number of methoxy groups -OCH3 is 2.